The molecule has 0 amide bonds. The first-order valence-electron chi connectivity index (χ1n) is 15.8. The maximum Gasteiger partial charge on any atom is 0.144 e. The van der Waals surface area contributed by atoms with Gasteiger partial charge in [-0.25, -0.2) is 4.98 Å². The van der Waals surface area contributed by atoms with Gasteiger partial charge < -0.3 is 4.42 Å². The highest BCUT2D eigenvalue weighted by molar-refractivity contribution is 6.20. The Balaban J connectivity index is 1.27. The third-order valence-electron chi connectivity index (χ3n) is 10.1. The zero-order valence-corrected chi connectivity index (χ0v) is 25.5. The number of fused-ring (bicyclic) bond motifs is 11. The summed E-state index contributed by atoms with van der Waals surface area (Å²) in [6.07, 6.45) is 1.84. The molecule has 0 spiro atoms. The zero-order valence-electron chi connectivity index (χ0n) is 25.5. The van der Waals surface area contributed by atoms with Crippen LogP contribution in [-0.2, 0) is 5.41 Å². The second-order valence-corrected chi connectivity index (χ2v) is 12.9. The van der Waals surface area contributed by atoms with Gasteiger partial charge in [-0.3, -0.25) is 4.98 Å². The lowest BCUT2D eigenvalue weighted by atomic mass is 9.80. The second kappa shape index (κ2) is 9.12. The van der Waals surface area contributed by atoms with E-state index in [9.17, 15) is 0 Å². The Morgan fingerprint density at radius 3 is 2.11 bits per heavy atom. The number of rotatable bonds is 2. The summed E-state index contributed by atoms with van der Waals surface area (Å²) >= 11 is 0. The molecule has 0 bridgehead atoms. The Kier molecular flexibility index (Phi) is 5.06. The Labute approximate surface area is 265 Å². The lowest BCUT2D eigenvalue weighted by molar-refractivity contribution is 0.653. The van der Waals surface area contributed by atoms with Crippen LogP contribution in [0.15, 0.2) is 138 Å². The monoisotopic (exact) mass is 588 g/mol. The summed E-state index contributed by atoms with van der Waals surface area (Å²) in [6.45, 7) is 4.67. The molecule has 3 heteroatoms. The number of benzene rings is 6. The van der Waals surface area contributed by atoms with Gasteiger partial charge in [-0.2, -0.15) is 0 Å². The molecule has 0 saturated carbocycles. The zero-order chi connectivity index (χ0) is 30.6. The van der Waals surface area contributed by atoms with Crippen molar-refractivity contribution in [3.05, 3.63) is 145 Å². The molecule has 0 fully saturated rings. The maximum atomic E-state index is 6.77. The third-order valence-corrected chi connectivity index (χ3v) is 10.1. The molecule has 0 saturated heterocycles. The fourth-order valence-corrected chi connectivity index (χ4v) is 7.89. The van der Waals surface area contributed by atoms with E-state index in [2.05, 4.69) is 135 Å². The molecule has 1 aliphatic carbocycles. The van der Waals surface area contributed by atoms with Crippen molar-refractivity contribution in [2.24, 2.45) is 0 Å². The van der Waals surface area contributed by atoms with Crippen LogP contribution in [0.3, 0.4) is 0 Å². The van der Waals surface area contributed by atoms with Gasteiger partial charge in [0.25, 0.3) is 0 Å². The van der Waals surface area contributed by atoms with Gasteiger partial charge in [0.2, 0.25) is 0 Å². The molecule has 0 unspecified atom stereocenters. The van der Waals surface area contributed by atoms with Gasteiger partial charge in [-0.05, 0) is 62.9 Å². The Bertz CT molecular complexity index is 2730. The fourth-order valence-electron chi connectivity index (χ4n) is 7.89. The van der Waals surface area contributed by atoms with E-state index < -0.39 is 0 Å². The van der Waals surface area contributed by atoms with Crippen molar-refractivity contribution >= 4 is 54.5 Å². The first kappa shape index (κ1) is 25.5. The molecule has 0 N–H and O–H groups in total. The topological polar surface area (TPSA) is 38.9 Å². The van der Waals surface area contributed by atoms with E-state index in [4.69, 9.17) is 14.4 Å². The second-order valence-electron chi connectivity index (χ2n) is 12.9. The van der Waals surface area contributed by atoms with Crippen molar-refractivity contribution < 1.29 is 4.42 Å². The summed E-state index contributed by atoms with van der Waals surface area (Å²) in [6, 6.07) is 45.5. The van der Waals surface area contributed by atoms with Gasteiger partial charge in [-0.1, -0.05) is 117 Å². The highest BCUT2D eigenvalue weighted by Crippen LogP contribution is 2.55. The van der Waals surface area contributed by atoms with Crippen LogP contribution in [0.25, 0.3) is 88.0 Å². The molecule has 0 aliphatic heterocycles. The van der Waals surface area contributed by atoms with Crippen molar-refractivity contribution in [2.75, 3.05) is 0 Å². The van der Waals surface area contributed by atoms with Crippen molar-refractivity contribution in [3.8, 4) is 33.5 Å². The minimum atomic E-state index is -0.157. The van der Waals surface area contributed by atoms with Gasteiger partial charge in [0.05, 0.1) is 16.7 Å². The number of nitrogens with zero attached hydrogens (tertiary/aromatic N) is 2. The van der Waals surface area contributed by atoms with E-state index in [1.807, 2.05) is 12.3 Å². The predicted molar refractivity (Wildman–Crippen MR) is 190 cm³/mol. The molecule has 0 radical (unpaired) electrons. The van der Waals surface area contributed by atoms with Crippen molar-refractivity contribution in [1.29, 1.82) is 0 Å². The van der Waals surface area contributed by atoms with Crippen LogP contribution in [0.4, 0.5) is 0 Å². The van der Waals surface area contributed by atoms with E-state index in [-0.39, 0.29) is 5.41 Å². The van der Waals surface area contributed by atoms with Crippen LogP contribution in [-0.4, -0.2) is 9.97 Å². The van der Waals surface area contributed by atoms with Crippen molar-refractivity contribution in [3.63, 3.8) is 0 Å². The number of aromatic nitrogens is 2. The Hall–Kier alpha value is -5.80. The third kappa shape index (κ3) is 3.37. The van der Waals surface area contributed by atoms with E-state index in [0.717, 1.165) is 49.6 Å². The standard InChI is InChI=1S/C43H28N2O/c1-43(2)34-15-7-5-13-31(34)39-35(43)24-33(38-32-14-6-8-16-37(32)46-42(38)39)29-20-21-30(28-12-4-3-11-27(28)29)36-22-19-26-18-17-25-10-9-23-44-40(25)41(26)45-36/h3-24H,1-2H3. The van der Waals surface area contributed by atoms with Crippen LogP contribution in [0.2, 0.25) is 0 Å². The summed E-state index contributed by atoms with van der Waals surface area (Å²) in [7, 11) is 0. The molecule has 3 heterocycles. The number of hydrogen-bond acceptors (Lipinski definition) is 3. The summed E-state index contributed by atoms with van der Waals surface area (Å²) in [5.41, 5.74) is 13.2. The predicted octanol–water partition coefficient (Wildman–Crippen LogP) is 11.5. The van der Waals surface area contributed by atoms with Crippen molar-refractivity contribution in [2.45, 2.75) is 19.3 Å². The summed E-state index contributed by atoms with van der Waals surface area (Å²) in [5, 5.41) is 6.86. The average Bonchev–Trinajstić information content (AvgIpc) is 3.60. The maximum absolute atomic E-state index is 6.77. The Morgan fingerprint density at radius 2 is 1.24 bits per heavy atom. The fraction of sp³-hybridized carbons (Fsp3) is 0.0698. The van der Waals surface area contributed by atoms with Gasteiger partial charge in [0, 0.05) is 44.3 Å². The van der Waals surface area contributed by atoms with Gasteiger partial charge >= 0.3 is 0 Å². The van der Waals surface area contributed by atoms with Crippen molar-refractivity contribution in [1.82, 2.24) is 9.97 Å². The van der Waals surface area contributed by atoms with E-state index in [1.54, 1.807) is 0 Å². The number of hydrogen-bond donors (Lipinski definition) is 0. The smallest absolute Gasteiger partial charge is 0.144 e. The van der Waals surface area contributed by atoms with E-state index >= 15 is 0 Å². The average molecular weight is 589 g/mol. The molecule has 6 aromatic carbocycles. The molecule has 1 aliphatic rings. The summed E-state index contributed by atoms with van der Waals surface area (Å²) in [4.78, 5) is 9.91. The molecular weight excluding hydrogens is 560 g/mol. The lowest BCUT2D eigenvalue weighted by Crippen LogP contribution is -2.15. The van der Waals surface area contributed by atoms with E-state index in [1.165, 1.54) is 49.5 Å². The number of furan rings is 1. The normalized spacial score (nSPS) is 13.6. The van der Waals surface area contributed by atoms with Gasteiger partial charge in [0.15, 0.2) is 0 Å². The van der Waals surface area contributed by atoms with Gasteiger partial charge in [-0.15, -0.1) is 0 Å². The molecular formula is C43H28N2O. The van der Waals surface area contributed by atoms with Crippen LogP contribution >= 0.6 is 0 Å². The SMILES string of the molecule is CC1(C)c2ccccc2-c2c1cc(-c1ccc(-c3ccc4ccc5cccnc5c4n3)c3ccccc13)c1c2oc2ccccc21. The largest absolute Gasteiger partial charge is 0.455 e. The highest BCUT2D eigenvalue weighted by atomic mass is 16.3. The molecule has 3 nitrogen and oxygen atoms in total. The molecule has 9 aromatic rings. The first-order valence-corrected chi connectivity index (χ1v) is 15.8. The minimum absolute atomic E-state index is 0.157. The first-order chi connectivity index (χ1) is 22.6. The minimum Gasteiger partial charge on any atom is -0.455 e. The molecule has 0 atom stereocenters. The molecule has 3 aromatic heterocycles. The molecule has 46 heavy (non-hydrogen) atoms. The quantitative estimate of drug-likeness (QED) is 0.189. The van der Waals surface area contributed by atoms with Crippen LogP contribution in [0.1, 0.15) is 25.0 Å². The van der Waals surface area contributed by atoms with Crippen LogP contribution in [0.5, 0.6) is 0 Å². The summed E-state index contributed by atoms with van der Waals surface area (Å²) in [5.74, 6) is 0. The summed E-state index contributed by atoms with van der Waals surface area (Å²) < 4.78 is 6.77. The van der Waals surface area contributed by atoms with E-state index in [0.29, 0.717) is 0 Å². The number of para-hydroxylation sites is 1. The van der Waals surface area contributed by atoms with Crippen LogP contribution < -0.4 is 0 Å². The molecule has 216 valence electrons. The Morgan fingerprint density at radius 1 is 0.543 bits per heavy atom. The van der Waals surface area contributed by atoms with Gasteiger partial charge in [0.1, 0.15) is 11.2 Å². The molecule has 10 rings (SSSR count). The highest BCUT2D eigenvalue weighted by Gasteiger charge is 2.38. The lowest BCUT2D eigenvalue weighted by Gasteiger charge is -2.22. The number of pyridine rings is 2. The van der Waals surface area contributed by atoms with Crippen LogP contribution in [0, 0.1) is 0 Å².